The molecule has 0 spiro atoms. The van der Waals surface area contributed by atoms with E-state index in [1.165, 1.54) is 11.3 Å². The molecule has 3 N–H and O–H groups in total. The van der Waals surface area contributed by atoms with Crippen molar-refractivity contribution in [3.8, 4) is 5.75 Å². The Kier molecular flexibility index (Phi) is 8.40. The van der Waals surface area contributed by atoms with Crippen molar-refractivity contribution in [3.63, 3.8) is 0 Å². The summed E-state index contributed by atoms with van der Waals surface area (Å²) >= 11 is 2.97. The number of nitrogens with zero attached hydrogens (tertiary/aromatic N) is 1. The average Bonchev–Trinajstić information content (AvgIpc) is 3.14. The number of methoxy groups -OCH3 is 1. The van der Waals surface area contributed by atoms with Crippen LogP contribution >= 0.6 is 23.1 Å². The van der Waals surface area contributed by atoms with E-state index in [1.54, 1.807) is 30.7 Å². The van der Waals surface area contributed by atoms with E-state index in [9.17, 15) is 14.4 Å². The molecule has 3 amide bonds. The van der Waals surface area contributed by atoms with E-state index >= 15 is 0 Å². The summed E-state index contributed by atoms with van der Waals surface area (Å²) < 4.78 is 10.2. The van der Waals surface area contributed by atoms with Gasteiger partial charge in [-0.15, -0.1) is 23.1 Å². The molecule has 0 bridgehead atoms. The summed E-state index contributed by atoms with van der Waals surface area (Å²) in [5.74, 6) is 0.863. The van der Waals surface area contributed by atoms with Crippen molar-refractivity contribution in [2.24, 2.45) is 5.73 Å². The number of fused-ring (bicyclic) bond motifs is 1. The lowest BCUT2D eigenvalue weighted by Crippen LogP contribution is -2.36. The first-order valence-corrected chi connectivity index (χ1v) is 12.2. The van der Waals surface area contributed by atoms with E-state index in [0.29, 0.717) is 49.5 Å². The van der Waals surface area contributed by atoms with E-state index in [1.807, 2.05) is 24.3 Å². The topological polar surface area (TPSA) is 111 Å². The Bertz CT molecular complexity index is 975. The van der Waals surface area contributed by atoms with Crippen LogP contribution in [0.5, 0.6) is 5.75 Å². The normalized spacial score (nSPS) is 12.8. The van der Waals surface area contributed by atoms with Crippen LogP contribution in [0.4, 0.5) is 9.80 Å². The quantitative estimate of drug-likeness (QED) is 0.419. The molecule has 32 heavy (non-hydrogen) atoms. The number of amides is 3. The first-order valence-electron chi connectivity index (χ1n) is 10.4. The number of carbonyl (C=O) groups is 3. The highest BCUT2D eigenvalue weighted by Gasteiger charge is 2.29. The second-order valence-corrected chi connectivity index (χ2v) is 9.39. The second-order valence-electron chi connectivity index (χ2n) is 7.12. The Morgan fingerprint density at radius 3 is 2.66 bits per heavy atom. The fraction of sp³-hybridized carbons (Fsp3) is 0.409. The molecular weight excluding hydrogens is 450 g/mol. The van der Waals surface area contributed by atoms with Crippen LogP contribution < -0.4 is 15.8 Å². The third-order valence-corrected chi connectivity index (χ3v) is 7.19. The van der Waals surface area contributed by atoms with Crippen molar-refractivity contribution >= 4 is 46.0 Å². The van der Waals surface area contributed by atoms with Crippen LogP contribution in [-0.4, -0.2) is 48.8 Å². The van der Waals surface area contributed by atoms with Gasteiger partial charge in [0.25, 0.3) is 5.91 Å². The Labute approximate surface area is 195 Å². The Hall–Kier alpha value is -2.72. The third-order valence-electron chi connectivity index (χ3n) is 4.96. The lowest BCUT2D eigenvalue weighted by molar-refractivity contribution is -0.116. The summed E-state index contributed by atoms with van der Waals surface area (Å²) in [6, 6.07) is 7.78. The van der Waals surface area contributed by atoms with Crippen molar-refractivity contribution in [1.29, 1.82) is 0 Å². The van der Waals surface area contributed by atoms with Gasteiger partial charge in [-0.3, -0.25) is 9.59 Å². The van der Waals surface area contributed by atoms with E-state index in [2.05, 4.69) is 5.32 Å². The van der Waals surface area contributed by atoms with Crippen molar-refractivity contribution in [3.05, 3.63) is 40.3 Å². The Balaban J connectivity index is 1.56. The van der Waals surface area contributed by atoms with Crippen LogP contribution in [0, 0.1) is 0 Å². The van der Waals surface area contributed by atoms with Crippen molar-refractivity contribution in [1.82, 2.24) is 4.90 Å². The van der Waals surface area contributed by atoms with Gasteiger partial charge in [-0.05, 0) is 55.3 Å². The zero-order valence-corrected chi connectivity index (χ0v) is 19.8. The predicted molar refractivity (Wildman–Crippen MR) is 126 cm³/mol. The number of primary amides is 1. The van der Waals surface area contributed by atoms with E-state index in [-0.39, 0.29) is 12.0 Å². The molecule has 0 saturated carbocycles. The molecule has 0 atom stereocenters. The number of rotatable bonds is 9. The van der Waals surface area contributed by atoms with Crippen LogP contribution in [0.2, 0.25) is 0 Å². The molecule has 1 aromatic carbocycles. The van der Waals surface area contributed by atoms with Gasteiger partial charge in [0.05, 0.1) is 25.8 Å². The number of benzene rings is 1. The number of thiophene rings is 1. The van der Waals surface area contributed by atoms with Crippen molar-refractivity contribution in [2.75, 3.05) is 31.3 Å². The smallest absolute Gasteiger partial charge is 0.410 e. The number of nitrogens with one attached hydrogen (secondary N) is 1. The first kappa shape index (κ1) is 23.9. The van der Waals surface area contributed by atoms with Gasteiger partial charge in [-0.2, -0.15) is 0 Å². The van der Waals surface area contributed by atoms with Crippen molar-refractivity contribution < 1.29 is 23.9 Å². The maximum Gasteiger partial charge on any atom is 0.410 e. The molecule has 3 rings (SSSR count). The Morgan fingerprint density at radius 2 is 2.00 bits per heavy atom. The third kappa shape index (κ3) is 5.95. The molecule has 172 valence electrons. The lowest BCUT2D eigenvalue weighted by atomic mass is 10.0. The SMILES string of the molecule is CCOC(=O)N1CCc2c(sc(NC(=O)CCCSc3ccc(OC)cc3)c2C(N)=O)C1. The van der Waals surface area contributed by atoms with E-state index < -0.39 is 5.91 Å². The number of thioether (sulfide) groups is 1. The summed E-state index contributed by atoms with van der Waals surface area (Å²) in [7, 11) is 1.63. The fourth-order valence-electron chi connectivity index (χ4n) is 3.41. The van der Waals surface area contributed by atoms with Gasteiger partial charge in [-0.1, -0.05) is 0 Å². The van der Waals surface area contributed by atoms with Crippen LogP contribution in [0.25, 0.3) is 0 Å². The molecule has 2 heterocycles. The minimum absolute atomic E-state index is 0.163. The van der Waals surface area contributed by atoms with Gasteiger partial charge in [0.1, 0.15) is 10.8 Å². The predicted octanol–water partition coefficient (Wildman–Crippen LogP) is 3.88. The van der Waals surface area contributed by atoms with E-state index in [0.717, 1.165) is 26.8 Å². The van der Waals surface area contributed by atoms with Gasteiger partial charge in [0, 0.05) is 22.7 Å². The molecule has 0 aliphatic carbocycles. The summed E-state index contributed by atoms with van der Waals surface area (Å²) in [5, 5.41) is 3.31. The molecule has 0 fully saturated rings. The zero-order chi connectivity index (χ0) is 23.1. The van der Waals surface area contributed by atoms with Gasteiger partial charge >= 0.3 is 6.09 Å². The highest BCUT2D eigenvalue weighted by Crippen LogP contribution is 2.37. The molecule has 1 aromatic heterocycles. The second kappa shape index (κ2) is 11.2. The van der Waals surface area contributed by atoms with Crippen molar-refractivity contribution in [2.45, 2.75) is 37.6 Å². The maximum absolute atomic E-state index is 12.5. The number of ether oxygens (including phenoxy) is 2. The minimum Gasteiger partial charge on any atom is -0.497 e. The first-order chi connectivity index (χ1) is 15.4. The molecule has 1 aliphatic rings. The zero-order valence-electron chi connectivity index (χ0n) is 18.1. The summed E-state index contributed by atoms with van der Waals surface area (Å²) in [6.07, 6.45) is 1.14. The van der Waals surface area contributed by atoms with Crippen LogP contribution in [0.3, 0.4) is 0 Å². The highest BCUT2D eigenvalue weighted by atomic mass is 32.2. The summed E-state index contributed by atoms with van der Waals surface area (Å²) in [6.45, 7) is 2.84. The molecule has 0 saturated heterocycles. The number of nitrogens with two attached hydrogens (primary N) is 1. The minimum atomic E-state index is -0.572. The van der Waals surface area contributed by atoms with Gasteiger partial charge in [0.2, 0.25) is 5.91 Å². The van der Waals surface area contributed by atoms with Crippen LogP contribution in [0.1, 0.15) is 40.6 Å². The molecule has 0 unspecified atom stereocenters. The molecule has 0 radical (unpaired) electrons. The molecule has 8 nitrogen and oxygen atoms in total. The maximum atomic E-state index is 12.5. The number of hydrogen-bond donors (Lipinski definition) is 2. The monoisotopic (exact) mass is 477 g/mol. The van der Waals surface area contributed by atoms with Gasteiger partial charge in [-0.25, -0.2) is 4.79 Å². The van der Waals surface area contributed by atoms with Gasteiger partial charge < -0.3 is 25.4 Å². The molecule has 1 aliphatic heterocycles. The number of anilines is 1. The number of hydrogen-bond acceptors (Lipinski definition) is 7. The van der Waals surface area contributed by atoms with E-state index in [4.69, 9.17) is 15.2 Å². The highest BCUT2D eigenvalue weighted by molar-refractivity contribution is 7.99. The standard InChI is InChI=1S/C22H27N3O5S2/c1-3-30-22(28)25-11-10-16-17(13-25)32-21(19(16)20(23)27)24-18(26)5-4-12-31-15-8-6-14(29-2)7-9-15/h6-9H,3-5,10-13H2,1-2H3,(H2,23,27)(H,24,26). The molecule has 2 aromatic rings. The molecule has 10 heteroatoms. The number of carbonyl (C=O) groups excluding carboxylic acids is 3. The summed E-state index contributed by atoms with van der Waals surface area (Å²) in [4.78, 5) is 40.1. The largest absolute Gasteiger partial charge is 0.497 e. The fourth-order valence-corrected chi connectivity index (χ4v) is 5.54. The van der Waals surface area contributed by atoms with Crippen LogP contribution in [-0.2, 0) is 22.5 Å². The Morgan fingerprint density at radius 1 is 1.25 bits per heavy atom. The average molecular weight is 478 g/mol. The molecular formula is C22H27N3O5S2. The lowest BCUT2D eigenvalue weighted by Gasteiger charge is -2.26. The van der Waals surface area contributed by atoms with Gasteiger partial charge in [0.15, 0.2) is 0 Å². The summed E-state index contributed by atoms with van der Waals surface area (Å²) in [5.41, 5.74) is 6.78. The van der Waals surface area contributed by atoms with Crippen LogP contribution in [0.15, 0.2) is 29.2 Å².